The lowest BCUT2D eigenvalue weighted by atomic mass is 10.1. The molecule has 0 spiro atoms. The molecule has 5 nitrogen and oxygen atoms in total. The fraction of sp³-hybridized carbons (Fsp3) is 0.625. The molecule has 0 amide bonds. The van der Waals surface area contributed by atoms with Crippen molar-refractivity contribution in [3.8, 4) is 0 Å². The first-order chi connectivity index (χ1) is 10.0. The van der Waals surface area contributed by atoms with Crippen LogP contribution in [0.1, 0.15) is 55.9 Å². The van der Waals surface area contributed by atoms with Gasteiger partial charge in [-0.05, 0) is 31.4 Å². The van der Waals surface area contributed by atoms with E-state index in [0.717, 1.165) is 37.4 Å². The molecule has 0 aliphatic carbocycles. The Morgan fingerprint density at radius 2 is 1.82 bits per heavy atom. The van der Waals surface area contributed by atoms with Crippen molar-refractivity contribution in [1.29, 1.82) is 0 Å². The smallest absolute Gasteiger partial charge is 0.0653 e. The maximum Gasteiger partial charge on any atom is 0.0653 e. The van der Waals surface area contributed by atoms with Crippen molar-refractivity contribution in [2.75, 3.05) is 0 Å². The van der Waals surface area contributed by atoms with Gasteiger partial charge in [0.05, 0.1) is 22.8 Å². The summed E-state index contributed by atoms with van der Waals surface area (Å²) < 4.78 is 4.07. The molecule has 0 saturated heterocycles. The van der Waals surface area contributed by atoms with E-state index in [0.29, 0.717) is 5.92 Å². The van der Waals surface area contributed by atoms with Gasteiger partial charge in [-0.2, -0.15) is 10.2 Å². The minimum atomic E-state index is 0. The van der Waals surface area contributed by atoms with Crippen LogP contribution in [0.4, 0.5) is 0 Å². The number of nitrogens with one attached hydrogen (secondary N) is 1. The Morgan fingerprint density at radius 3 is 2.41 bits per heavy atom. The Labute approximate surface area is 139 Å². The Balaban J connectivity index is 0.00000242. The van der Waals surface area contributed by atoms with Gasteiger partial charge in [-0.15, -0.1) is 12.4 Å². The van der Waals surface area contributed by atoms with Gasteiger partial charge in [0, 0.05) is 26.7 Å². The molecule has 0 saturated carbocycles. The SMILES string of the molecule is CCCn1nc(C)cc1CNCc1cc(C(C)C)nn1C.Cl. The lowest BCUT2D eigenvalue weighted by molar-refractivity contribution is 0.540. The van der Waals surface area contributed by atoms with Crippen LogP contribution in [0.15, 0.2) is 12.1 Å². The molecule has 0 radical (unpaired) electrons. The number of nitrogens with zero attached hydrogens (tertiary/aromatic N) is 4. The summed E-state index contributed by atoms with van der Waals surface area (Å²) in [5.41, 5.74) is 4.71. The maximum atomic E-state index is 4.55. The predicted octanol–water partition coefficient (Wildman–Crippen LogP) is 3.17. The lowest BCUT2D eigenvalue weighted by Gasteiger charge is -2.07. The summed E-state index contributed by atoms with van der Waals surface area (Å²) in [6.45, 7) is 11.2. The highest BCUT2D eigenvalue weighted by molar-refractivity contribution is 5.85. The molecule has 6 heteroatoms. The molecule has 0 atom stereocenters. The molecule has 0 unspecified atom stereocenters. The quantitative estimate of drug-likeness (QED) is 0.850. The Hall–Kier alpha value is -1.33. The summed E-state index contributed by atoms with van der Waals surface area (Å²) in [7, 11) is 2.01. The molecule has 0 aromatic carbocycles. The summed E-state index contributed by atoms with van der Waals surface area (Å²) in [5, 5.41) is 12.6. The molecule has 2 aromatic rings. The molecule has 2 aromatic heterocycles. The van der Waals surface area contributed by atoms with Crippen LogP contribution in [0.5, 0.6) is 0 Å². The zero-order valence-electron chi connectivity index (χ0n) is 14.3. The van der Waals surface area contributed by atoms with Gasteiger partial charge in [0.15, 0.2) is 0 Å². The number of hydrogen-bond donors (Lipinski definition) is 1. The third-order valence-electron chi connectivity index (χ3n) is 3.62. The van der Waals surface area contributed by atoms with Crippen LogP contribution in [0.25, 0.3) is 0 Å². The molecular formula is C16H28ClN5. The van der Waals surface area contributed by atoms with Crippen molar-refractivity contribution in [3.63, 3.8) is 0 Å². The number of rotatable bonds is 7. The van der Waals surface area contributed by atoms with E-state index in [-0.39, 0.29) is 12.4 Å². The second-order valence-corrected chi connectivity index (χ2v) is 5.94. The van der Waals surface area contributed by atoms with Crippen molar-refractivity contribution in [2.45, 2.75) is 59.7 Å². The van der Waals surface area contributed by atoms with Crippen LogP contribution in [0, 0.1) is 6.92 Å². The minimum Gasteiger partial charge on any atom is -0.306 e. The van der Waals surface area contributed by atoms with E-state index in [1.807, 2.05) is 18.7 Å². The highest BCUT2D eigenvalue weighted by atomic mass is 35.5. The number of halogens is 1. The number of hydrogen-bond acceptors (Lipinski definition) is 3. The molecule has 124 valence electrons. The second-order valence-electron chi connectivity index (χ2n) is 5.94. The number of aromatic nitrogens is 4. The average Bonchev–Trinajstić information content (AvgIpc) is 2.95. The highest BCUT2D eigenvalue weighted by Gasteiger charge is 2.09. The standard InChI is InChI=1S/C16H27N5.ClH/c1-6-7-21-15(8-13(4)18-21)11-17-10-14-9-16(12(2)3)19-20(14)5;/h8-9,12,17H,6-7,10-11H2,1-5H3;1H. The average molecular weight is 326 g/mol. The Morgan fingerprint density at radius 1 is 1.14 bits per heavy atom. The molecule has 0 bridgehead atoms. The molecule has 2 rings (SSSR count). The van der Waals surface area contributed by atoms with E-state index in [1.165, 1.54) is 11.4 Å². The second kappa shape index (κ2) is 8.34. The molecule has 0 aliphatic heterocycles. The fourth-order valence-corrected chi connectivity index (χ4v) is 2.44. The summed E-state index contributed by atoms with van der Waals surface area (Å²) in [6.07, 6.45) is 1.10. The van der Waals surface area contributed by atoms with Crippen molar-refractivity contribution < 1.29 is 0 Å². The van der Waals surface area contributed by atoms with E-state index in [1.54, 1.807) is 0 Å². The predicted molar refractivity (Wildman–Crippen MR) is 92.3 cm³/mol. The molecule has 0 fully saturated rings. The molecule has 2 heterocycles. The van der Waals surface area contributed by atoms with E-state index < -0.39 is 0 Å². The van der Waals surface area contributed by atoms with Gasteiger partial charge in [-0.1, -0.05) is 20.8 Å². The van der Waals surface area contributed by atoms with Crippen molar-refractivity contribution >= 4 is 12.4 Å². The normalized spacial score (nSPS) is 11.0. The maximum absolute atomic E-state index is 4.55. The van der Waals surface area contributed by atoms with E-state index in [9.17, 15) is 0 Å². The van der Waals surface area contributed by atoms with Gasteiger partial charge in [0.25, 0.3) is 0 Å². The van der Waals surface area contributed by atoms with Crippen LogP contribution >= 0.6 is 12.4 Å². The van der Waals surface area contributed by atoms with Gasteiger partial charge in [0.2, 0.25) is 0 Å². The van der Waals surface area contributed by atoms with Crippen molar-refractivity contribution in [2.24, 2.45) is 7.05 Å². The van der Waals surface area contributed by atoms with E-state index >= 15 is 0 Å². The summed E-state index contributed by atoms with van der Waals surface area (Å²) in [6, 6.07) is 4.34. The third kappa shape index (κ3) is 4.58. The van der Waals surface area contributed by atoms with E-state index in [2.05, 4.69) is 53.1 Å². The van der Waals surface area contributed by atoms with Gasteiger partial charge >= 0.3 is 0 Å². The summed E-state index contributed by atoms with van der Waals surface area (Å²) >= 11 is 0. The van der Waals surface area contributed by atoms with Crippen molar-refractivity contribution in [1.82, 2.24) is 24.9 Å². The van der Waals surface area contributed by atoms with Gasteiger partial charge in [0.1, 0.15) is 0 Å². The van der Waals surface area contributed by atoms with Crippen LogP contribution in [-0.2, 0) is 26.7 Å². The molecule has 1 N–H and O–H groups in total. The monoisotopic (exact) mass is 325 g/mol. The van der Waals surface area contributed by atoms with Crippen LogP contribution < -0.4 is 5.32 Å². The zero-order valence-corrected chi connectivity index (χ0v) is 15.1. The van der Waals surface area contributed by atoms with Crippen molar-refractivity contribution in [3.05, 3.63) is 34.9 Å². The van der Waals surface area contributed by atoms with Crippen LogP contribution in [0.2, 0.25) is 0 Å². The zero-order chi connectivity index (χ0) is 15.4. The van der Waals surface area contributed by atoms with Gasteiger partial charge in [-0.25, -0.2) is 0 Å². The van der Waals surface area contributed by atoms with Gasteiger partial charge in [-0.3, -0.25) is 9.36 Å². The molecule has 22 heavy (non-hydrogen) atoms. The summed E-state index contributed by atoms with van der Waals surface area (Å²) in [4.78, 5) is 0. The largest absolute Gasteiger partial charge is 0.306 e. The van der Waals surface area contributed by atoms with Crippen LogP contribution in [0.3, 0.4) is 0 Å². The molecule has 0 aliphatic rings. The lowest BCUT2D eigenvalue weighted by Crippen LogP contribution is -2.18. The number of aryl methyl sites for hydroxylation is 3. The minimum absolute atomic E-state index is 0. The Kier molecular flexibility index (Phi) is 7.10. The topological polar surface area (TPSA) is 47.7 Å². The highest BCUT2D eigenvalue weighted by Crippen LogP contribution is 2.13. The Bertz CT molecular complexity index is 585. The fourth-order valence-electron chi connectivity index (χ4n) is 2.44. The van der Waals surface area contributed by atoms with E-state index in [4.69, 9.17) is 0 Å². The first-order valence-electron chi connectivity index (χ1n) is 7.78. The summed E-state index contributed by atoms with van der Waals surface area (Å²) in [5.74, 6) is 0.471. The van der Waals surface area contributed by atoms with Crippen LogP contribution in [-0.4, -0.2) is 19.6 Å². The first kappa shape index (κ1) is 18.7. The first-order valence-corrected chi connectivity index (χ1v) is 7.78. The molecular weight excluding hydrogens is 298 g/mol. The third-order valence-corrected chi connectivity index (χ3v) is 3.62. The van der Waals surface area contributed by atoms with Gasteiger partial charge < -0.3 is 5.32 Å².